The quantitative estimate of drug-likeness (QED) is 0.548. The molecule has 1 aliphatic heterocycles. The largest absolute Gasteiger partial charge is 0.352 e. The first-order chi connectivity index (χ1) is 14.9. The van der Waals surface area contributed by atoms with Crippen LogP contribution in [0.4, 0.5) is 0 Å². The first-order valence-electron chi connectivity index (χ1n) is 10.4. The Hall–Kier alpha value is -2.41. The lowest BCUT2D eigenvalue weighted by molar-refractivity contribution is 0.277. The average Bonchev–Trinajstić information content (AvgIpc) is 3.23. The highest BCUT2D eigenvalue weighted by atomic mass is 35.5. The maximum atomic E-state index is 6.12. The van der Waals surface area contributed by atoms with Crippen molar-refractivity contribution in [3.05, 3.63) is 82.4 Å². The molecule has 1 N–H and O–H groups in total. The van der Waals surface area contributed by atoms with Crippen molar-refractivity contribution < 1.29 is 0 Å². The molecule has 7 heteroatoms. The van der Waals surface area contributed by atoms with Gasteiger partial charge in [0.1, 0.15) is 0 Å². The molecular formula is C24H28ClN5S. The average molecular weight is 454 g/mol. The van der Waals surface area contributed by atoms with Crippen molar-refractivity contribution in [3.63, 3.8) is 0 Å². The summed E-state index contributed by atoms with van der Waals surface area (Å²) in [5.74, 6) is 0. The van der Waals surface area contributed by atoms with Crippen molar-refractivity contribution in [2.24, 2.45) is 0 Å². The van der Waals surface area contributed by atoms with Crippen LogP contribution in [0.3, 0.4) is 0 Å². The first-order valence-corrected chi connectivity index (χ1v) is 11.2. The molecule has 2 atom stereocenters. The second-order valence-electron chi connectivity index (χ2n) is 8.26. The number of rotatable bonds is 6. The van der Waals surface area contributed by atoms with Gasteiger partial charge in [-0.3, -0.25) is 4.98 Å². The summed E-state index contributed by atoms with van der Waals surface area (Å²) in [5, 5.41) is 5.06. The van der Waals surface area contributed by atoms with Gasteiger partial charge in [-0.2, -0.15) is 0 Å². The summed E-state index contributed by atoms with van der Waals surface area (Å²) in [5.41, 5.74) is 5.74. The number of nitrogens with zero attached hydrogens (tertiary/aromatic N) is 4. The monoisotopic (exact) mass is 453 g/mol. The molecule has 162 valence electrons. The van der Waals surface area contributed by atoms with E-state index in [0.717, 1.165) is 34.6 Å². The predicted molar refractivity (Wildman–Crippen MR) is 131 cm³/mol. The topological polar surface area (TPSA) is 36.3 Å². The summed E-state index contributed by atoms with van der Waals surface area (Å²) in [4.78, 5) is 9.14. The minimum absolute atomic E-state index is 0.00460. The van der Waals surface area contributed by atoms with Gasteiger partial charge in [-0.15, -0.1) is 0 Å². The normalized spacial score (nSPS) is 18.6. The molecule has 1 aromatic carbocycles. The Morgan fingerprint density at radius 3 is 2.52 bits per heavy atom. The van der Waals surface area contributed by atoms with Crippen LogP contribution < -0.4 is 5.32 Å². The van der Waals surface area contributed by atoms with Crippen molar-refractivity contribution in [1.29, 1.82) is 0 Å². The summed E-state index contributed by atoms with van der Waals surface area (Å²) in [7, 11) is 4.17. The molecule has 3 aromatic rings. The Bertz CT molecular complexity index is 1060. The highest BCUT2D eigenvalue weighted by molar-refractivity contribution is 7.80. The Balaban J connectivity index is 1.80. The van der Waals surface area contributed by atoms with Crippen molar-refractivity contribution in [2.45, 2.75) is 25.9 Å². The zero-order valence-corrected chi connectivity index (χ0v) is 19.9. The van der Waals surface area contributed by atoms with Crippen LogP contribution in [-0.2, 0) is 0 Å². The molecule has 0 bridgehead atoms. The van der Waals surface area contributed by atoms with E-state index in [1.807, 2.05) is 30.5 Å². The van der Waals surface area contributed by atoms with Crippen molar-refractivity contribution in [1.82, 2.24) is 24.7 Å². The number of aromatic nitrogens is 2. The summed E-state index contributed by atoms with van der Waals surface area (Å²) in [6.07, 6.45) is 1.84. The fourth-order valence-electron chi connectivity index (χ4n) is 4.37. The number of benzene rings is 1. The standard InChI is InChI=1S/C24H28ClN5S/c1-16-15-20(17(2)30(16)19-10-8-18(25)9-11-19)23-22(21-7-5-6-12-26-21)27-24(31)29(23)14-13-28(3)4/h5-12,15,22-23H,13-14H2,1-4H3,(H,27,31)/t22-,23-/m1/s1. The van der Waals surface area contributed by atoms with Crippen LogP contribution in [-0.4, -0.2) is 51.6 Å². The van der Waals surface area contributed by atoms with Gasteiger partial charge in [-0.05, 0) is 88.2 Å². The number of nitrogens with one attached hydrogen (secondary N) is 1. The van der Waals surface area contributed by atoms with E-state index in [0.29, 0.717) is 0 Å². The number of aryl methyl sites for hydroxylation is 1. The Kier molecular flexibility index (Phi) is 6.32. The summed E-state index contributed by atoms with van der Waals surface area (Å²) >= 11 is 11.9. The van der Waals surface area contributed by atoms with Crippen LogP contribution in [0.2, 0.25) is 5.02 Å². The number of halogens is 1. The molecule has 5 nitrogen and oxygen atoms in total. The molecule has 2 aromatic heterocycles. The first kappa shape index (κ1) is 21.8. The summed E-state index contributed by atoms with van der Waals surface area (Å²) < 4.78 is 2.28. The minimum Gasteiger partial charge on any atom is -0.352 e. The van der Waals surface area contributed by atoms with E-state index in [1.165, 1.54) is 17.0 Å². The number of thiocarbonyl (C=S) groups is 1. The third-order valence-corrected chi connectivity index (χ3v) is 6.46. The van der Waals surface area contributed by atoms with Gasteiger partial charge >= 0.3 is 0 Å². The number of hydrogen-bond acceptors (Lipinski definition) is 3. The van der Waals surface area contributed by atoms with E-state index < -0.39 is 0 Å². The molecule has 1 saturated heterocycles. The molecular weight excluding hydrogens is 426 g/mol. The van der Waals surface area contributed by atoms with Crippen LogP contribution in [0.5, 0.6) is 0 Å². The van der Waals surface area contributed by atoms with Gasteiger partial charge in [-0.1, -0.05) is 17.7 Å². The number of pyridine rings is 1. The fourth-order valence-corrected chi connectivity index (χ4v) is 4.82. The summed E-state index contributed by atoms with van der Waals surface area (Å²) in [6, 6.07) is 16.4. The molecule has 0 radical (unpaired) electrons. The number of hydrogen-bond donors (Lipinski definition) is 1. The lowest BCUT2D eigenvalue weighted by atomic mass is 9.97. The second-order valence-corrected chi connectivity index (χ2v) is 9.08. The smallest absolute Gasteiger partial charge is 0.170 e. The van der Waals surface area contributed by atoms with E-state index in [9.17, 15) is 0 Å². The molecule has 4 rings (SSSR count). The van der Waals surface area contributed by atoms with Gasteiger partial charge in [0.05, 0.1) is 17.8 Å². The van der Waals surface area contributed by atoms with Crippen molar-refractivity contribution in [3.8, 4) is 5.69 Å². The van der Waals surface area contributed by atoms with Gasteiger partial charge in [0, 0.05) is 41.4 Å². The maximum absolute atomic E-state index is 6.12. The maximum Gasteiger partial charge on any atom is 0.170 e. The summed E-state index contributed by atoms with van der Waals surface area (Å²) in [6.45, 7) is 6.09. The van der Waals surface area contributed by atoms with E-state index in [1.54, 1.807) is 0 Å². The molecule has 0 amide bonds. The fraction of sp³-hybridized carbons (Fsp3) is 0.333. The Morgan fingerprint density at radius 2 is 1.87 bits per heavy atom. The van der Waals surface area contributed by atoms with E-state index in [-0.39, 0.29) is 12.1 Å². The highest BCUT2D eigenvalue weighted by Gasteiger charge is 2.41. The van der Waals surface area contributed by atoms with E-state index >= 15 is 0 Å². The van der Waals surface area contributed by atoms with Crippen molar-refractivity contribution >= 4 is 28.9 Å². The lowest BCUT2D eigenvalue weighted by Crippen LogP contribution is -2.35. The van der Waals surface area contributed by atoms with Gasteiger partial charge in [0.15, 0.2) is 5.11 Å². The second kappa shape index (κ2) is 8.99. The van der Waals surface area contributed by atoms with Crippen LogP contribution in [0, 0.1) is 13.8 Å². The van der Waals surface area contributed by atoms with Crippen LogP contribution >= 0.6 is 23.8 Å². The third-order valence-electron chi connectivity index (χ3n) is 5.86. The van der Waals surface area contributed by atoms with Crippen LogP contribution in [0.25, 0.3) is 5.69 Å². The third kappa shape index (κ3) is 4.33. The molecule has 1 fully saturated rings. The van der Waals surface area contributed by atoms with E-state index in [4.69, 9.17) is 23.8 Å². The highest BCUT2D eigenvalue weighted by Crippen LogP contribution is 2.41. The molecule has 0 spiro atoms. The van der Waals surface area contributed by atoms with Crippen molar-refractivity contribution in [2.75, 3.05) is 27.2 Å². The molecule has 3 heterocycles. The zero-order chi connectivity index (χ0) is 22.1. The zero-order valence-electron chi connectivity index (χ0n) is 18.3. The Morgan fingerprint density at radius 1 is 1.13 bits per heavy atom. The predicted octanol–water partition coefficient (Wildman–Crippen LogP) is 4.68. The molecule has 0 saturated carbocycles. The van der Waals surface area contributed by atoms with E-state index in [2.05, 4.69) is 76.9 Å². The Labute approximate surface area is 194 Å². The van der Waals surface area contributed by atoms with Gasteiger partial charge < -0.3 is 19.7 Å². The molecule has 1 aliphatic rings. The van der Waals surface area contributed by atoms with Crippen LogP contribution in [0.15, 0.2) is 54.7 Å². The van der Waals surface area contributed by atoms with Gasteiger partial charge in [0.2, 0.25) is 0 Å². The number of likely N-dealkylation sites (N-methyl/N-ethyl adjacent to an activating group) is 1. The SMILES string of the molecule is Cc1cc([C@@H]2[C@@H](c3ccccn3)NC(=S)N2CCN(C)C)c(C)n1-c1ccc(Cl)cc1. The minimum atomic E-state index is -0.00460. The van der Waals surface area contributed by atoms with Crippen LogP contribution in [0.1, 0.15) is 34.7 Å². The molecule has 31 heavy (non-hydrogen) atoms. The van der Waals surface area contributed by atoms with Gasteiger partial charge in [0.25, 0.3) is 0 Å². The molecule has 0 aliphatic carbocycles. The lowest BCUT2D eigenvalue weighted by Gasteiger charge is -2.29. The van der Waals surface area contributed by atoms with Gasteiger partial charge in [-0.25, -0.2) is 0 Å². The molecule has 0 unspecified atom stereocenters.